The van der Waals surface area contributed by atoms with Crippen molar-refractivity contribution in [2.24, 2.45) is 15.3 Å². The number of unbranched alkanes of at least 4 members (excludes halogenated alkanes) is 10. The molecule has 0 aliphatic carbocycles. The third-order valence-corrected chi connectivity index (χ3v) is 3.87. The van der Waals surface area contributed by atoms with E-state index in [-0.39, 0.29) is 0 Å². The summed E-state index contributed by atoms with van der Waals surface area (Å²) < 4.78 is 0. The topological polar surface area (TPSA) is 69.3 Å². The van der Waals surface area contributed by atoms with Crippen LogP contribution in [0.15, 0.2) is 15.3 Å². The molecule has 0 aromatic rings. The van der Waals surface area contributed by atoms with Crippen LogP contribution in [-0.2, 0) is 0 Å². The van der Waals surface area contributed by atoms with Gasteiger partial charge in [0.2, 0.25) is 0 Å². The predicted octanol–water partition coefficient (Wildman–Crippen LogP) is 6.86. The lowest BCUT2D eigenvalue weighted by atomic mass is 10.1. The van der Waals surface area contributed by atoms with Crippen molar-refractivity contribution in [3.63, 3.8) is 0 Å². The number of rotatable bonds is 16. The minimum absolute atomic E-state index is 0.746. The number of aliphatic hydroxyl groups is 1. The van der Waals surface area contributed by atoms with Gasteiger partial charge in [-0.2, -0.15) is 15.3 Å². The van der Waals surface area contributed by atoms with Crippen molar-refractivity contribution < 1.29 is 5.11 Å². The van der Waals surface area contributed by atoms with E-state index in [1.54, 1.807) is 13.8 Å². The van der Waals surface area contributed by atoms with Crippen LogP contribution in [0.2, 0.25) is 0 Å². The van der Waals surface area contributed by atoms with Gasteiger partial charge in [0.15, 0.2) is 5.72 Å². The van der Waals surface area contributed by atoms with Gasteiger partial charge in [0.05, 0.1) is 6.54 Å². The van der Waals surface area contributed by atoms with Crippen molar-refractivity contribution in [3.05, 3.63) is 0 Å². The molecule has 5 nitrogen and oxygen atoms in total. The van der Waals surface area contributed by atoms with Gasteiger partial charge in [-0.15, -0.1) is 0 Å². The van der Waals surface area contributed by atoms with Crippen molar-refractivity contribution >= 4 is 5.71 Å². The van der Waals surface area contributed by atoms with Crippen LogP contribution in [0.3, 0.4) is 0 Å². The van der Waals surface area contributed by atoms with Gasteiger partial charge in [0.25, 0.3) is 0 Å². The van der Waals surface area contributed by atoms with Crippen LogP contribution in [0.4, 0.5) is 0 Å². The Balaban J connectivity index is 0. The van der Waals surface area contributed by atoms with Crippen LogP contribution in [0.5, 0.6) is 0 Å². The molecule has 0 aliphatic rings. The highest BCUT2D eigenvalue weighted by molar-refractivity contribution is 5.78. The van der Waals surface area contributed by atoms with Crippen molar-refractivity contribution in [2.45, 2.75) is 124 Å². The van der Waals surface area contributed by atoms with Crippen LogP contribution in [0.25, 0.3) is 0 Å². The van der Waals surface area contributed by atoms with E-state index in [9.17, 15) is 5.11 Å². The van der Waals surface area contributed by atoms with Crippen LogP contribution < -0.4 is 5.43 Å². The summed E-state index contributed by atoms with van der Waals surface area (Å²) in [6.45, 7) is 13.5. The molecule has 0 atom stereocenters. The van der Waals surface area contributed by atoms with Crippen molar-refractivity contribution in [1.29, 1.82) is 0 Å². The third kappa shape index (κ3) is 33.1. The van der Waals surface area contributed by atoms with Gasteiger partial charge in [-0.1, -0.05) is 78.1 Å². The SMILES string of the molecule is CCCCCCCCN=NC(C)(C)O.CCCCCCCCNN=C(C)C. The largest absolute Gasteiger partial charge is 0.368 e. The first kappa shape index (κ1) is 28.2. The fraction of sp³-hybridized carbons (Fsp3) is 0.955. The average Bonchev–Trinajstić information content (AvgIpc) is 2.59. The molecule has 0 spiro atoms. The Bertz CT molecular complexity index is 345. The maximum absolute atomic E-state index is 9.23. The summed E-state index contributed by atoms with van der Waals surface area (Å²) in [5.41, 5.74) is 3.17. The second-order valence-electron chi connectivity index (χ2n) is 7.96. The Morgan fingerprint density at radius 3 is 1.74 bits per heavy atom. The zero-order valence-corrected chi connectivity index (χ0v) is 19.2. The van der Waals surface area contributed by atoms with Gasteiger partial charge in [-0.25, -0.2) is 0 Å². The number of nitrogens with zero attached hydrogens (tertiary/aromatic N) is 3. The highest BCUT2D eigenvalue weighted by Crippen LogP contribution is 2.07. The van der Waals surface area contributed by atoms with Gasteiger partial charge in [-0.3, -0.25) is 0 Å². The minimum Gasteiger partial charge on any atom is -0.368 e. The summed E-state index contributed by atoms with van der Waals surface area (Å²) in [7, 11) is 0. The summed E-state index contributed by atoms with van der Waals surface area (Å²) in [5.74, 6) is 0. The summed E-state index contributed by atoms with van der Waals surface area (Å²) in [6.07, 6.45) is 15.7. The van der Waals surface area contributed by atoms with E-state index >= 15 is 0 Å². The predicted molar refractivity (Wildman–Crippen MR) is 120 cm³/mol. The molecule has 0 aromatic heterocycles. The quantitative estimate of drug-likeness (QED) is 0.132. The van der Waals surface area contributed by atoms with E-state index in [0.717, 1.165) is 25.2 Å². The van der Waals surface area contributed by atoms with Gasteiger partial charge in [-0.05, 0) is 40.5 Å². The molecule has 5 heteroatoms. The minimum atomic E-state index is -0.998. The lowest BCUT2D eigenvalue weighted by molar-refractivity contribution is 0.0815. The maximum Gasteiger partial charge on any atom is 0.170 e. The first-order valence-corrected chi connectivity index (χ1v) is 11.2. The number of hydrazone groups is 1. The molecule has 0 rings (SSSR count). The lowest BCUT2D eigenvalue weighted by Gasteiger charge is -2.07. The second kappa shape index (κ2) is 21.3. The highest BCUT2D eigenvalue weighted by atomic mass is 16.3. The molecule has 27 heavy (non-hydrogen) atoms. The van der Waals surface area contributed by atoms with Crippen molar-refractivity contribution in [1.82, 2.24) is 5.43 Å². The first-order chi connectivity index (χ1) is 12.8. The zero-order valence-electron chi connectivity index (χ0n) is 19.2. The third-order valence-electron chi connectivity index (χ3n) is 3.87. The van der Waals surface area contributed by atoms with Gasteiger partial charge in [0, 0.05) is 12.3 Å². The van der Waals surface area contributed by atoms with E-state index < -0.39 is 5.72 Å². The number of hydrogen-bond acceptors (Lipinski definition) is 5. The summed E-state index contributed by atoms with van der Waals surface area (Å²) in [4.78, 5) is 0. The average molecular weight is 385 g/mol. The van der Waals surface area contributed by atoms with E-state index in [4.69, 9.17) is 0 Å². The zero-order chi connectivity index (χ0) is 20.8. The Morgan fingerprint density at radius 2 is 1.26 bits per heavy atom. The molecule has 0 saturated heterocycles. The van der Waals surface area contributed by atoms with Crippen LogP contribution in [-0.4, -0.2) is 29.6 Å². The van der Waals surface area contributed by atoms with Crippen molar-refractivity contribution in [2.75, 3.05) is 13.1 Å². The molecular formula is C22H48N4O. The first-order valence-electron chi connectivity index (χ1n) is 11.2. The fourth-order valence-electron chi connectivity index (χ4n) is 2.38. The van der Waals surface area contributed by atoms with Crippen molar-refractivity contribution in [3.8, 4) is 0 Å². The molecule has 0 aliphatic heterocycles. The monoisotopic (exact) mass is 384 g/mol. The molecule has 0 aromatic carbocycles. The Hall–Kier alpha value is -0.970. The van der Waals surface area contributed by atoms with E-state index in [0.29, 0.717) is 0 Å². The molecule has 0 bridgehead atoms. The van der Waals surface area contributed by atoms with Gasteiger partial charge in [0.1, 0.15) is 0 Å². The normalized spacial score (nSPS) is 11.2. The molecule has 162 valence electrons. The highest BCUT2D eigenvalue weighted by Gasteiger charge is 2.07. The van der Waals surface area contributed by atoms with E-state index in [1.165, 1.54) is 70.6 Å². The standard InChI is InChI=1S/C11H24N2O.C11H24N2/c1-4-5-6-7-8-9-10-12-13-11(2,3)14;1-4-5-6-7-8-9-10-12-13-11(2)3/h14H,4-10H2,1-3H3;12H,4-10H2,1-3H3. The van der Waals surface area contributed by atoms with Crippen LogP contribution >= 0.6 is 0 Å². The Kier molecular flexibility index (Phi) is 22.3. The van der Waals surface area contributed by atoms with E-state index in [2.05, 4.69) is 34.6 Å². The number of hydrogen-bond donors (Lipinski definition) is 2. The Labute approximate surface area is 169 Å². The molecule has 0 heterocycles. The van der Waals surface area contributed by atoms with Gasteiger partial charge < -0.3 is 10.5 Å². The summed E-state index contributed by atoms with van der Waals surface area (Å²) >= 11 is 0. The molecule has 0 unspecified atom stereocenters. The second-order valence-corrected chi connectivity index (χ2v) is 7.96. The van der Waals surface area contributed by atoms with E-state index in [1.807, 2.05) is 13.8 Å². The van der Waals surface area contributed by atoms with Crippen LogP contribution in [0.1, 0.15) is 119 Å². The maximum atomic E-state index is 9.23. The molecule has 0 saturated carbocycles. The number of nitrogens with one attached hydrogen (secondary N) is 1. The number of azo groups is 1. The molecule has 0 amide bonds. The smallest absolute Gasteiger partial charge is 0.170 e. The summed E-state index contributed by atoms with van der Waals surface area (Å²) in [5, 5.41) is 21.1. The fourth-order valence-corrected chi connectivity index (χ4v) is 2.38. The molecule has 0 radical (unpaired) electrons. The van der Waals surface area contributed by atoms with Crippen LogP contribution in [0, 0.1) is 0 Å². The summed E-state index contributed by atoms with van der Waals surface area (Å²) in [6, 6.07) is 0. The Morgan fingerprint density at radius 1 is 0.778 bits per heavy atom. The van der Waals surface area contributed by atoms with Gasteiger partial charge >= 0.3 is 0 Å². The molecule has 2 N–H and O–H groups in total. The molecule has 0 fully saturated rings. The lowest BCUT2D eigenvalue weighted by Crippen LogP contribution is -2.13. The molecular weight excluding hydrogens is 336 g/mol.